The van der Waals surface area contributed by atoms with Crippen LogP contribution in [0.15, 0.2) is 103 Å². The van der Waals surface area contributed by atoms with Gasteiger partial charge in [-0.25, -0.2) is 9.97 Å². The van der Waals surface area contributed by atoms with Crippen LogP contribution in [0.1, 0.15) is 16.1 Å². The van der Waals surface area contributed by atoms with Gasteiger partial charge in [0.05, 0.1) is 24.3 Å². The van der Waals surface area contributed by atoms with Gasteiger partial charge in [0.15, 0.2) is 0 Å². The third kappa shape index (κ3) is 5.29. The number of nitrogens with one attached hydrogen (secondary N) is 1. The van der Waals surface area contributed by atoms with Crippen molar-refractivity contribution in [1.82, 2.24) is 18.9 Å². The van der Waals surface area contributed by atoms with E-state index in [2.05, 4.69) is 15.3 Å². The first kappa shape index (κ1) is 21.8. The Balaban J connectivity index is 1.17. The van der Waals surface area contributed by atoms with Gasteiger partial charge in [-0.1, -0.05) is 18.2 Å². The zero-order valence-electron chi connectivity index (χ0n) is 18.4. The molecule has 0 bridgehead atoms. The van der Waals surface area contributed by atoms with Gasteiger partial charge in [0.25, 0.3) is 5.91 Å². The molecular weight excluding hydrogens is 446 g/mol. The zero-order valence-corrected chi connectivity index (χ0v) is 19.2. The highest BCUT2D eigenvalue weighted by molar-refractivity contribution is 7.98. The van der Waals surface area contributed by atoms with Crippen LogP contribution in [0.2, 0.25) is 0 Å². The molecule has 0 spiro atoms. The van der Waals surface area contributed by atoms with Crippen molar-refractivity contribution in [3.63, 3.8) is 0 Å². The number of hydrogen-bond acceptors (Lipinski definition) is 5. The largest absolute Gasteiger partial charge is 0.490 e. The van der Waals surface area contributed by atoms with Gasteiger partial charge < -0.3 is 19.0 Å². The van der Waals surface area contributed by atoms with Crippen molar-refractivity contribution >= 4 is 29.0 Å². The maximum Gasteiger partial charge on any atom is 0.255 e. The number of anilines is 1. The smallest absolute Gasteiger partial charge is 0.255 e. The van der Waals surface area contributed by atoms with E-state index < -0.39 is 0 Å². The molecule has 0 aliphatic heterocycles. The monoisotopic (exact) mass is 469 g/mol. The first-order valence-corrected chi connectivity index (χ1v) is 11.9. The number of rotatable bonds is 9. The molecule has 0 saturated heterocycles. The normalized spacial score (nSPS) is 10.9. The number of hydrogen-bond donors (Lipinski definition) is 1. The van der Waals surface area contributed by atoms with Crippen LogP contribution in [0.25, 0.3) is 5.65 Å². The van der Waals surface area contributed by atoms with Crippen LogP contribution in [-0.4, -0.2) is 31.4 Å². The maximum absolute atomic E-state index is 12.8. The fraction of sp³-hybridized carbons (Fsp3) is 0.115. The van der Waals surface area contributed by atoms with Gasteiger partial charge in [0.2, 0.25) is 0 Å². The van der Waals surface area contributed by atoms with Crippen LogP contribution in [0, 0.1) is 0 Å². The van der Waals surface area contributed by atoms with Crippen LogP contribution < -0.4 is 10.1 Å². The maximum atomic E-state index is 12.8. The summed E-state index contributed by atoms with van der Waals surface area (Å²) in [5.74, 6) is 1.22. The summed E-state index contributed by atoms with van der Waals surface area (Å²) in [6.45, 7) is 1.15. The van der Waals surface area contributed by atoms with E-state index in [1.165, 1.54) is 0 Å². The Labute approximate surface area is 201 Å². The number of fused-ring (bicyclic) bond motifs is 1. The Bertz CT molecular complexity index is 1350. The second kappa shape index (κ2) is 10.3. The average Bonchev–Trinajstić information content (AvgIpc) is 3.54. The van der Waals surface area contributed by atoms with Gasteiger partial charge in [0.1, 0.15) is 18.0 Å². The molecule has 5 rings (SSSR count). The molecule has 0 aliphatic rings. The summed E-state index contributed by atoms with van der Waals surface area (Å²) in [4.78, 5) is 22.5. The molecule has 3 aromatic heterocycles. The van der Waals surface area contributed by atoms with Crippen LogP contribution in [0.4, 0.5) is 5.69 Å². The summed E-state index contributed by atoms with van der Waals surface area (Å²) in [6, 6.07) is 21.0. The summed E-state index contributed by atoms with van der Waals surface area (Å²) in [6.07, 6.45) is 9.40. The van der Waals surface area contributed by atoms with E-state index in [0.717, 1.165) is 22.0 Å². The fourth-order valence-corrected chi connectivity index (χ4v) is 4.27. The summed E-state index contributed by atoms with van der Waals surface area (Å²) >= 11 is 1.69. The molecule has 170 valence electrons. The lowest BCUT2D eigenvalue weighted by Crippen LogP contribution is -2.14. The lowest BCUT2D eigenvalue weighted by atomic mass is 10.2. The summed E-state index contributed by atoms with van der Waals surface area (Å²) in [5, 5.41) is 2.96. The van der Waals surface area contributed by atoms with Crippen molar-refractivity contribution in [3.8, 4) is 5.75 Å². The van der Waals surface area contributed by atoms with Crippen molar-refractivity contribution in [1.29, 1.82) is 0 Å². The molecule has 34 heavy (non-hydrogen) atoms. The van der Waals surface area contributed by atoms with Crippen molar-refractivity contribution in [3.05, 3.63) is 109 Å². The number of benzene rings is 2. The van der Waals surface area contributed by atoms with Gasteiger partial charge in [-0.2, -0.15) is 0 Å². The third-order valence-electron chi connectivity index (χ3n) is 5.22. The van der Waals surface area contributed by atoms with Gasteiger partial charge in [-0.15, -0.1) is 11.8 Å². The SMILES string of the molecule is O=C(Nc1ccccc1OCCn1ccnc1)c1ccc(SCc2cn3ccccc3n2)cc1. The van der Waals surface area contributed by atoms with Crippen molar-refractivity contribution in [2.45, 2.75) is 17.2 Å². The van der Waals surface area contributed by atoms with Gasteiger partial charge in [-0.05, 0) is 48.5 Å². The molecule has 8 heteroatoms. The topological polar surface area (TPSA) is 73.5 Å². The molecule has 0 saturated carbocycles. The minimum atomic E-state index is -0.178. The van der Waals surface area contributed by atoms with Crippen molar-refractivity contribution in [2.24, 2.45) is 0 Å². The van der Waals surface area contributed by atoms with E-state index in [0.29, 0.717) is 30.2 Å². The Morgan fingerprint density at radius 2 is 1.85 bits per heavy atom. The lowest BCUT2D eigenvalue weighted by molar-refractivity contribution is 0.102. The van der Waals surface area contributed by atoms with Crippen molar-refractivity contribution in [2.75, 3.05) is 11.9 Å². The Kier molecular flexibility index (Phi) is 6.58. The summed E-state index contributed by atoms with van der Waals surface area (Å²) < 4.78 is 9.84. The number of para-hydroxylation sites is 2. The van der Waals surface area contributed by atoms with E-state index in [9.17, 15) is 4.79 Å². The highest BCUT2D eigenvalue weighted by Crippen LogP contribution is 2.26. The predicted octanol–water partition coefficient (Wildman–Crippen LogP) is 5.15. The van der Waals surface area contributed by atoms with Crippen LogP contribution in [0.5, 0.6) is 5.75 Å². The predicted molar refractivity (Wildman–Crippen MR) is 133 cm³/mol. The van der Waals surface area contributed by atoms with Gasteiger partial charge in [0, 0.05) is 41.0 Å². The highest BCUT2D eigenvalue weighted by Gasteiger charge is 2.10. The summed E-state index contributed by atoms with van der Waals surface area (Å²) in [7, 11) is 0. The molecule has 1 N–H and O–H groups in total. The minimum absolute atomic E-state index is 0.178. The molecule has 0 radical (unpaired) electrons. The first-order valence-electron chi connectivity index (χ1n) is 10.9. The fourth-order valence-electron chi connectivity index (χ4n) is 3.49. The molecule has 5 aromatic rings. The number of carbonyl (C=O) groups excluding carboxylic acids is 1. The molecule has 0 fully saturated rings. The Morgan fingerprint density at radius 3 is 2.68 bits per heavy atom. The second-order valence-electron chi connectivity index (χ2n) is 7.61. The molecule has 7 nitrogen and oxygen atoms in total. The van der Waals surface area contributed by atoms with Crippen LogP contribution in [0.3, 0.4) is 0 Å². The van der Waals surface area contributed by atoms with Gasteiger partial charge in [-0.3, -0.25) is 4.79 Å². The molecule has 2 aromatic carbocycles. The van der Waals surface area contributed by atoms with Crippen LogP contribution in [-0.2, 0) is 12.3 Å². The molecule has 3 heterocycles. The second-order valence-corrected chi connectivity index (χ2v) is 8.66. The highest BCUT2D eigenvalue weighted by atomic mass is 32.2. The molecular formula is C26H23N5O2S. The summed E-state index contributed by atoms with van der Waals surface area (Å²) in [5.41, 5.74) is 3.19. The lowest BCUT2D eigenvalue weighted by Gasteiger charge is -2.13. The number of aromatic nitrogens is 4. The van der Waals surface area contributed by atoms with E-state index in [1.807, 2.05) is 94.3 Å². The Hall–Kier alpha value is -4.04. The number of imidazole rings is 2. The molecule has 1 amide bonds. The molecule has 0 unspecified atom stereocenters. The number of pyridine rings is 1. The van der Waals surface area contributed by atoms with E-state index in [1.54, 1.807) is 24.3 Å². The number of thioether (sulfide) groups is 1. The number of ether oxygens (including phenoxy) is 1. The van der Waals surface area contributed by atoms with E-state index in [-0.39, 0.29) is 5.91 Å². The standard InChI is InChI=1S/C26H23N5O2S/c32-26(29-23-5-1-2-6-24(23)33-16-15-30-14-12-27-19-30)20-8-10-22(11-9-20)34-18-21-17-31-13-4-3-7-25(31)28-21/h1-14,17,19H,15-16,18H2,(H,29,32). The molecule has 0 aliphatic carbocycles. The van der Waals surface area contributed by atoms with E-state index >= 15 is 0 Å². The third-order valence-corrected chi connectivity index (χ3v) is 6.26. The van der Waals surface area contributed by atoms with E-state index in [4.69, 9.17) is 4.74 Å². The quantitative estimate of drug-likeness (QED) is 0.302. The first-order chi connectivity index (χ1) is 16.7. The number of nitrogens with zero attached hydrogens (tertiary/aromatic N) is 4. The molecule has 0 atom stereocenters. The average molecular weight is 470 g/mol. The van der Waals surface area contributed by atoms with Gasteiger partial charge >= 0.3 is 0 Å². The Morgan fingerprint density at radius 1 is 1.00 bits per heavy atom. The number of carbonyl (C=O) groups is 1. The number of amides is 1. The van der Waals surface area contributed by atoms with Crippen molar-refractivity contribution < 1.29 is 9.53 Å². The zero-order chi connectivity index (χ0) is 23.2. The minimum Gasteiger partial charge on any atom is -0.490 e. The van der Waals surface area contributed by atoms with Crippen LogP contribution >= 0.6 is 11.8 Å².